The van der Waals surface area contributed by atoms with E-state index in [9.17, 15) is 0 Å². The number of hydrogen-bond acceptors (Lipinski definition) is 0. The predicted octanol–water partition coefficient (Wildman–Crippen LogP) is 4.60. The highest BCUT2D eigenvalue weighted by Gasteiger charge is 2.15. The normalized spacial score (nSPS) is 13.8. The second-order valence-electron chi connectivity index (χ2n) is 3.61. The minimum absolute atomic E-state index is 0.917. The molecule has 12 heavy (non-hydrogen) atoms. The molecule has 0 aliphatic carbocycles. The Labute approximate surface area is 78.8 Å². The van der Waals surface area contributed by atoms with Gasteiger partial charge in [-0.1, -0.05) is 47.0 Å². The van der Waals surface area contributed by atoms with Gasteiger partial charge in [0, 0.05) is 0 Å². The van der Waals surface area contributed by atoms with Crippen LogP contribution < -0.4 is 0 Å². The molecule has 1 radical (unpaired) electrons. The van der Waals surface area contributed by atoms with Crippen LogP contribution in [0.15, 0.2) is 0 Å². The van der Waals surface area contributed by atoms with Crippen molar-refractivity contribution in [2.45, 2.75) is 66.2 Å². The largest absolute Gasteiger partial charge is 0.0654 e. The maximum atomic E-state index is 2.33. The van der Waals surface area contributed by atoms with E-state index in [0.717, 1.165) is 5.92 Å². The average Bonchev–Trinajstić information content (AvgIpc) is 2.12. The average molecular weight is 169 g/mol. The van der Waals surface area contributed by atoms with E-state index < -0.39 is 0 Å². The van der Waals surface area contributed by atoms with E-state index in [0.29, 0.717) is 0 Å². The Kier molecular flexibility index (Phi) is 7.64. The molecular weight excluding hydrogens is 144 g/mol. The summed E-state index contributed by atoms with van der Waals surface area (Å²) in [5, 5.41) is 0. The van der Waals surface area contributed by atoms with Crippen LogP contribution in [-0.2, 0) is 0 Å². The minimum Gasteiger partial charge on any atom is -0.0654 e. The zero-order chi connectivity index (χ0) is 9.40. The van der Waals surface area contributed by atoms with Crippen LogP contribution in [0, 0.1) is 11.8 Å². The molecule has 73 valence electrons. The number of hydrogen-bond donors (Lipinski definition) is 0. The highest BCUT2D eigenvalue weighted by atomic mass is 14.2. The molecule has 0 saturated carbocycles. The fraction of sp³-hybridized carbons (Fsp3) is 0.917. The topological polar surface area (TPSA) is 0 Å². The monoisotopic (exact) mass is 169 g/mol. The lowest BCUT2D eigenvalue weighted by atomic mass is 9.83. The second kappa shape index (κ2) is 7.64. The maximum Gasteiger partial charge on any atom is -0.0216 e. The molecule has 1 atom stereocenters. The van der Waals surface area contributed by atoms with Gasteiger partial charge >= 0.3 is 0 Å². The van der Waals surface area contributed by atoms with E-state index in [-0.39, 0.29) is 0 Å². The highest BCUT2D eigenvalue weighted by molar-refractivity contribution is 4.93. The lowest BCUT2D eigenvalue weighted by Crippen LogP contribution is -2.10. The van der Waals surface area contributed by atoms with E-state index in [1.165, 1.54) is 38.5 Å². The lowest BCUT2D eigenvalue weighted by molar-refractivity contribution is 0.433. The molecule has 1 unspecified atom stereocenters. The van der Waals surface area contributed by atoms with Gasteiger partial charge in [0.1, 0.15) is 0 Å². The third kappa shape index (κ3) is 4.13. The Morgan fingerprint density at radius 2 is 1.58 bits per heavy atom. The van der Waals surface area contributed by atoms with Gasteiger partial charge in [0.25, 0.3) is 0 Å². The SMILES string of the molecule is CCCCC(CC)[C](CC)CC. The highest BCUT2D eigenvalue weighted by Crippen LogP contribution is 2.28. The first kappa shape index (κ1) is 12.0. The summed E-state index contributed by atoms with van der Waals surface area (Å²) in [6.07, 6.45) is 8.09. The van der Waals surface area contributed by atoms with Crippen LogP contribution in [-0.4, -0.2) is 0 Å². The Bertz CT molecular complexity index is 82.0. The van der Waals surface area contributed by atoms with Gasteiger partial charge in [-0.05, 0) is 31.1 Å². The van der Waals surface area contributed by atoms with E-state index in [2.05, 4.69) is 27.7 Å². The van der Waals surface area contributed by atoms with Crippen LogP contribution in [0.5, 0.6) is 0 Å². The maximum absolute atomic E-state index is 2.33. The Hall–Kier alpha value is 0. The molecule has 0 aromatic heterocycles. The molecule has 0 saturated heterocycles. The van der Waals surface area contributed by atoms with Gasteiger partial charge in [-0.3, -0.25) is 0 Å². The van der Waals surface area contributed by atoms with Crippen molar-refractivity contribution in [2.24, 2.45) is 5.92 Å². The summed E-state index contributed by atoms with van der Waals surface area (Å²) >= 11 is 0. The van der Waals surface area contributed by atoms with Crippen molar-refractivity contribution < 1.29 is 0 Å². The quantitative estimate of drug-likeness (QED) is 0.522. The molecule has 0 heteroatoms. The molecule has 0 rings (SSSR count). The smallest absolute Gasteiger partial charge is 0.0216 e. The van der Waals surface area contributed by atoms with E-state index in [4.69, 9.17) is 0 Å². The van der Waals surface area contributed by atoms with Crippen molar-refractivity contribution in [2.75, 3.05) is 0 Å². The molecule has 0 fully saturated rings. The predicted molar refractivity (Wildman–Crippen MR) is 57.1 cm³/mol. The zero-order valence-corrected chi connectivity index (χ0v) is 9.32. The number of unbranched alkanes of at least 4 members (excludes halogenated alkanes) is 1. The van der Waals surface area contributed by atoms with Gasteiger partial charge in [0.2, 0.25) is 0 Å². The Morgan fingerprint density at radius 3 is 1.92 bits per heavy atom. The van der Waals surface area contributed by atoms with Crippen LogP contribution >= 0.6 is 0 Å². The van der Waals surface area contributed by atoms with Crippen molar-refractivity contribution >= 4 is 0 Å². The van der Waals surface area contributed by atoms with Gasteiger partial charge in [-0.25, -0.2) is 0 Å². The molecule has 0 aliphatic rings. The fourth-order valence-electron chi connectivity index (χ4n) is 1.97. The van der Waals surface area contributed by atoms with Gasteiger partial charge in [-0.2, -0.15) is 0 Å². The zero-order valence-electron chi connectivity index (χ0n) is 9.32. The van der Waals surface area contributed by atoms with Crippen molar-refractivity contribution in [1.29, 1.82) is 0 Å². The molecule has 0 spiro atoms. The van der Waals surface area contributed by atoms with Crippen molar-refractivity contribution in [3.05, 3.63) is 5.92 Å². The third-order valence-electron chi connectivity index (χ3n) is 2.88. The summed E-state index contributed by atoms with van der Waals surface area (Å²) in [4.78, 5) is 0. The van der Waals surface area contributed by atoms with Crippen LogP contribution in [0.2, 0.25) is 0 Å². The molecule has 0 aromatic carbocycles. The summed E-state index contributed by atoms with van der Waals surface area (Å²) in [5.41, 5.74) is 0. The molecular formula is C12H25. The minimum atomic E-state index is 0.917. The van der Waals surface area contributed by atoms with E-state index >= 15 is 0 Å². The summed E-state index contributed by atoms with van der Waals surface area (Å²) < 4.78 is 0. The van der Waals surface area contributed by atoms with E-state index in [1.807, 2.05) is 0 Å². The molecule has 0 nitrogen and oxygen atoms in total. The molecule has 0 amide bonds. The summed E-state index contributed by atoms with van der Waals surface area (Å²) in [6.45, 7) is 9.21. The van der Waals surface area contributed by atoms with Gasteiger partial charge in [-0.15, -0.1) is 0 Å². The number of rotatable bonds is 7. The van der Waals surface area contributed by atoms with Crippen LogP contribution in [0.3, 0.4) is 0 Å². The van der Waals surface area contributed by atoms with Crippen LogP contribution in [0.25, 0.3) is 0 Å². The van der Waals surface area contributed by atoms with Crippen molar-refractivity contribution in [3.8, 4) is 0 Å². The van der Waals surface area contributed by atoms with E-state index in [1.54, 1.807) is 5.92 Å². The molecule has 0 heterocycles. The Balaban J connectivity index is 3.75. The summed E-state index contributed by atoms with van der Waals surface area (Å²) in [7, 11) is 0. The first-order valence-corrected chi connectivity index (χ1v) is 5.64. The van der Waals surface area contributed by atoms with Gasteiger partial charge in [0.05, 0.1) is 0 Å². The van der Waals surface area contributed by atoms with Gasteiger partial charge in [0.15, 0.2) is 0 Å². The molecule has 0 aliphatic heterocycles. The Morgan fingerprint density at radius 1 is 1.00 bits per heavy atom. The van der Waals surface area contributed by atoms with Crippen LogP contribution in [0.1, 0.15) is 66.2 Å². The second-order valence-corrected chi connectivity index (χ2v) is 3.61. The van der Waals surface area contributed by atoms with Crippen molar-refractivity contribution in [3.63, 3.8) is 0 Å². The molecule has 0 bridgehead atoms. The first-order valence-electron chi connectivity index (χ1n) is 5.64. The first-order chi connectivity index (χ1) is 5.79. The van der Waals surface area contributed by atoms with Gasteiger partial charge < -0.3 is 0 Å². The summed E-state index contributed by atoms with van der Waals surface area (Å²) in [6, 6.07) is 0. The lowest BCUT2D eigenvalue weighted by Gasteiger charge is -2.23. The third-order valence-corrected chi connectivity index (χ3v) is 2.88. The van der Waals surface area contributed by atoms with Crippen molar-refractivity contribution in [1.82, 2.24) is 0 Å². The standard InChI is InChI=1S/C12H25/c1-5-9-10-12(8-4)11(6-2)7-3/h12H,5-10H2,1-4H3. The summed E-state index contributed by atoms with van der Waals surface area (Å²) in [5.74, 6) is 2.70. The van der Waals surface area contributed by atoms with Crippen LogP contribution in [0.4, 0.5) is 0 Å². The fourth-order valence-corrected chi connectivity index (χ4v) is 1.97. The molecule has 0 aromatic rings. The molecule has 0 N–H and O–H groups in total.